The van der Waals surface area contributed by atoms with Crippen LogP contribution in [0.25, 0.3) is 0 Å². The maximum Gasteiger partial charge on any atom is 0.264 e. The van der Waals surface area contributed by atoms with Gasteiger partial charge in [-0.15, -0.1) is 0 Å². The van der Waals surface area contributed by atoms with Crippen LogP contribution in [0, 0.1) is 6.92 Å². The van der Waals surface area contributed by atoms with Gasteiger partial charge in [-0.3, -0.25) is 9.10 Å². The zero-order valence-corrected chi connectivity index (χ0v) is 18.6. The normalized spacial score (nSPS) is 15.0. The van der Waals surface area contributed by atoms with Crippen molar-refractivity contribution in [3.05, 3.63) is 59.1 Å². The summed E-state index contributed by atoms with van der Waals surface area (Å²) in [5, 5.41) is 4.63. The maximum absolute atomic E-state index is 13.3. The third kappa shape index (κ3) is 5.19. The molecule has 1 aliphatic heterocycles. The highest BCUT2D eigenvalue weighted by Gasteiger charge is 2.28. The monoisotopic (exact) mass is 448 g/mol. The van der Waals surface area contributed by atoms with Crippen molar-refractivity contribution in [2.75, 3.05) is 31.0 Å². The third-order valence-corrected chi connectivity index (χ3v) is 7.21. The van der Waals surface area contributed by atoms with Crippen molar-refractivity contribution in [1.29, 1.82) is 0 Å². The van der Waals surface area contributed by atoms with E-state index in [1.165, 1.54) is 12.1 Å². The summed E-state index contributed by atoms with van der Waals surface area (Å²) in [7, 11) is -1.94. The lowest BCUT2D eigenvalue weighted by Gasteiger charge is -2.26. The first-order valence-electron chi connectivity index (χ1n) is 9.65. The van der Waals surface area contributed by atoms with Crippen LogP contribution in [0.1, 0.15) is 18.4 Å². The zero-order valence-electron chi connectivity index (χ0n) is 17.0. The predicted octanol–water partition coefficient (Wildman–Crippen LogP) is 3.04. The minimum atomic E-state index is -3.98. The highest BCUT2D eigenvalue weighted by Crippen LogP contribution is 2.30. The number of amides is 1. The molecule has 0 bridgehead atoms. The Bertz CT molecular complexity index is 1030. The average Bonchev–Trinajstić information content (AvgIpc) is 2.74. The number of benzene rings is 2. The Balaban J connectivity index is 1.88. The molecule has 1 aliphatic rings. The summed E-state index contributed by atoms with van der Waals surface area (Å²) in [5.41, 5.74) is 4.35. The molecule has 3 rings (SSSR count). The van der Waals surface area contributed by atoms with Crippen LogP contribution >= 0.6 is 11.6 Å². The largest absolute Gasteiger partial charge is 0.306 e. The second kappa shape index (κ2) is 9.59. The number of anilines is 1. The summed E-state index contributed by atoms with van der Waals surface area (Å²) in [6.07, 6.45) is 1.55. The van der Waals surface area contributed by atoms with E-state index >= 15 is 0 Å². The van der Waals surface area contributed by atoms with Crippen LogP contribution in [0.3, 0.4) is 0 Å². The minimum Gasteiger partial charge on any atom is -0.306 e. The molecule has 0 spiro atoms. The number of piperidine rings is 1. The molecule has 1 amide bonds. The number of nitrogens with zero attached hydrogens (tertiary/aromatic N) is 3. The van der Waals surface area contributed by atoms with E-state index in [1.807, 2.05) is 7.05 Å². The number of nitrogens with one attached hydrogen (secondary N) is 1. The lowest BCUT2D eigenvalue weighted by molar-refractivity contribution is -0.119. The van der Waals surface area contributed by atoms with Crippen molar-refractivity contribution in [2.45, 2.75) is 24.7 Å². The molecule has 0 saturated carbocycles. The Kier molecular flexibility index (Phi) is 7.12. The van der Waals surface area contributed by atoms with Crippen molar-refractivity contribution in [3.8, 4) is 0 Å². The van der Waals surface area contributed by atoms with Gasteiger partial charge in [0.1, 0.15) is 6.54 Å². The molecule has 9 heteroatoms. The molecule has 1 saturated heterocycles. The van der Waals surface area contributed by atoms with Crippen LogP contribution in [0.15, 0.2) is 58.5 Å². The standard InChI is InChI=1S/C21H25ClN4O3S/c1-16-19(22)9-6-10-20(16)26(30(28,29)18-7-4-3-5-8-18)15-21(27)24-23-17-11-13-25(2)14-12-17/h3-10H,11-15H2,1-2H3,(H,24,27). The van der Waals surface area contributed by atoms with Gasteiger partial charge >= 0.3 is 0 Å². The minimum absolute atomic E-state index is 0.0961. The average molecular weight is 449 g/mol. The molecule has 2 aromatic carbocycles. The number of hydrogen-bond donors (Lipinski definition) is 1. The lowest BCUT2D eigenvalue weighted by atomic mass is 10.1. The predicted molar refractivity (Wildman–Crippen MR) is 119 cm³/mol. The van der Waals surface area contributed by atoms with E-state index < -0.39 is 22.5 Å². The molecule has 160 valence electrons. The van der Waals surface area contributed by atoms with Crippen molar-refractivity contribution in [2.24, 2.45) is 5.10 Å². The highest BCUT2D eigenvalue weighted by atomic mass is 35.5. The number of carbonyl (C=O) groups is 1. The molecule has 1 N–H and O–H groups in total. The fourth-order valence-corrected chi connectivity index (χ4v) is 4.85. The van der Waals surface area contributed by atoms with E-state index in [2.05, 4.69) is 15.4 Å². The quantitative estimate of drug-likeness (QED) is 0.688. The molecule has 0 atom stereocenters. The van der Waals surface area contributed by atoms with Gasteiger partial charge in [0.05, 0.1) is 10.6 Å². The van der Waals surface area contributed by atoms with Crippen LogP contribution in [-0.4, -0.2) is 51.6 Å². The summed E-state index contributed by atoms with van der Waals surface area (Å²) >= 11 is 6.22. The number of hydrogen-bond acceptors (Lipinski definition) is 5. The second-order valence-electron chi connectivity index (χ2n) is 7.22. The van der Waals surface area contributed by atoms with E-state index in [4.69, 9.17) is 11.6 Å². The molecule has 30 heavy (non-hydrogen) atoms. The van der Waals surface area contributed by atoms with Crippen molar-refractivity contribution in [3.63, 3.8) is 0 Å². The summed E-state index contributed by atoms with van der Waals surface area (Å²) in [6, 6.07) is 13.0. The Morgan fingerprint density at radius 3 is 2.47 bits per heavy atom. The summed E-state index contributed by atoms with van der Waals surface area (Å²) < 4.78 is 27.7. The van der Waals surface area contributed by atoms with Gasteiger partial charge in [-0.2, -0.15) is 5.10 Å². The van der Waals surface area contributed by atoms with E-state index in [-0.39, 0.29) is 4.90 Å². The van der Waals surface area contributed by atoms with Gasteiger partial charge in [0, 0.05) is 36.7 Å². The van der Waals surface area contributed by atoms with Crippen LogP contribution in [0.5, 0.6) is 0 Å². The smallest absolute Gasteiger partial charge is 0.264 e. The molecule has 0 unspecified atom stereocenters. The van der Waals surface area contributed by atoms with Crippen LogP contribution < -0.4 is 9.73 Å². The highest BCUT2D eigenvalue weighted by molar-refractivity contribution is 7.92. The van der Waals surface area contributed by atoms with Crippen molar-refractivity contribution >= 4 is 38.9 Å². The Morgan fingerprint density at radius 1 is 1.13 bits per heavy atom. The molecular weight excluding hydrogens is 424 g/mol. The fraction of sp³-hybridized carbons (Fsp3) is 0.333. The molecular formula is C21H25ClN4O3S. The number of likely N-dealkylation sites (tertiary alicyclic amines) is 1. The number of sulfonamides is 1. The fourth-order valence-electron chi connectivity index (χ4n) is 3.18. The summed E-state index contributed by atoms with van der Waals surface area (Å²) in [5.74, 6) is -0.514. The molecule has 1 fully saturated rings. The van der Waals surface area contributed by atoms with E-state index in [0.29, 0.717) is 16.3 Å². The number of rotatable bonds is 6. The van der Waals surface area contributed by atoms with Crippen molar-refractivity contribution < 1.29 is 13.2 Å². The lowest BCUT2D eigenvalue weighted by Crippen LogP contribution is -2.40. The maximum atomic E-state index is 13.3. The van der Waals surface area contributed by atoms with E-state index in [0.717, 1.165) is 35.9 Å². The van der Waals surface area contributed by atoms with E-state index in [9.17, 15) is 13.2 Å². The molecule has 1 heterocycles. The topological polar surface area (TPSA) is 82.1 Å². The number of halogens is 1. The SMILES string of the molecule is Cc1c(Cl)cccc1N(CC(=O)NN=C1CCN(C)CC1)S(=O)(=O)c1ccccc1. The summed E-state index contributed by atoms with van der Waals surface area (Å²) in [6.45, 7) is 3.08. The van der Waals surface area contributed by atoms with Gasteiger partial charge in [0.15, 0.2) is 0 Å². The van der Waals surface area contributed by atoms with Crippen LogP contribution in [-0.2, 0) is 14.8 Å². The van der Waals surface area contributed by atoms with Crippen LogP contribution in [0.4, 0.5) is 5.69 Å². The van der Waals surface area contributed by atoms with E-state index in [1.54, 1.807) is 43.3 Å². The van der Waals surface area contributed by atoms with Gasteiger partial charge in [-0.05, 0) is 43.8 Å². The third-order valence-electron chi connectivity index (χ3n) is 5.03. The number of hydrazone groups is 1. The van der Waals surface area contributed by atoms with Gasteiger partial charge in [0.2, 0.25) is 0 Å². The first-order chi connectivity index (χ1) is 14.3. The van der Waals surface area contributed by atoms with Gasteiger partial charge in [-0.1, -0.05) is 35.9 Å². The summed E-state index contributed by atoms with van der Waals surface area (Å²) in [4.78, 5) is 14.9. The Labute approximate surface area is 182 Å². The Morgan fingerprint density at radius 2 is 1.80 bits per heavy atom. The molecule has 2 aromatic rings. The van der Waals surface area contributed by atoms with Crippen LogP contribution in [0.2, 0.25) is 5.02 Å². The first-order valence-corrected chi connectivity index (χ1v) is 11.5. The molecule has 0 radical (unpaired) electrons. The first kappa shape index (κ1) is 22.3. The molecule has 7 nitrogen and oxygen atoms in total. The van der Waals surface area contributed by atoms with Crippen molar-refractivity contribution in [1.82, 2.24) is 10.3 Å². The second-order valence-corrected chi connectivity index (χ2v) is 9.49. The zero-order chi connectivity index (χ0) is 21.7. The Hall–Kier alpha value is -2.42. The van der Waals surface area contributed by atoms with Gasteiger partial charge in [0.25, 0.3) is 15.9 Å². The van der Waals surface area contributed by atoms with Gasteiger partial charge in [-0.25, -0.2) is 13.8 Å². The molecule has 0 aromatic heterocycles. The molecule has 0 aliphatic carbocycles. The number of carbonyl (C=O) groups excluding carboxylic acids is 1. The van der Waals surface area contributed by atoms with Gasteiger partial charge < -0.3 is 4.90 Å².